The molecule has 0 heterocycles. The summed E-state index contributed by atoms with van der Waals surface area (Å²) in [6.07, 6.45) is 3.40. The monoisotopic (exact) mass is 546 g/mol. The SMILES string of the molecule is O=C(/C=C/c1ccccc1)c1ccc(OCc2ccccc2)c(I)c1OCc1ccccc1. The van der Waals surface area contributed by atoms with Crippen LogP contribution in [0.25, 0.3) is 6.08 Å². The summed E-state index contributed by atoms with van der Waals surface area (Å²) in [5, 5.41) is 0. The molecular formula is C29H23IO3. The third-order valence-corrected chi connectivity index (χ3v) is 6.04. The lowest BCUT2D eigenvalue weighted by atomic mass is 10.1. The van der Waals surface area contributed by atoms with Crippen molar-refractivity contribution in [1.82, 2.24) is 0 Å². The zero-order valence-electron chi connectivity index (χ0n) is 18.0. The lowest BCUT2D eigenvalue weighted by molar-refractivity contribution is 0.104. The summed E-state index contributed by atoms with van der Waals surface area (Å²) in [6.45, 7) is 0.803. The van der Waals surface area contributed by atoms with Gasteiger partial charge in [-0.25, -0.2) is 0 Å². The van der Waals surface area contributed by atoms with E-state index in [1.165, 1.54) is 0 Å². The van der Waals surface area contributed by atoms with Crippen molar-refractivity contribution in [1.29, 1.82) is 0 Å². The Kier molecular flexibility index (Phi) is 7.93. The second-order valence-electron chi connectivity index (χ2n) is 7.41. The Labute approximate surface area is 207 Å². The summed E-state index contributed by atoms with van der Waals surface area (Å²) in [6, 6.07) is 33.3. The predicted molar refractivity (Wildman–Crippen MR) is 141 cm³/mol. The van der Waals surface area contributed by atoms with Gasteiger partial charge in [-0.15, -0.1) is 0 Å². The Morgan fingerprint density at radius 3 is 1.85 bits per heavy atom. The molecule has 0 amide bonds. The number of carbonyl (C=O) groups excluding carboxylic acids is 1. The van der Waals surface area contributed by atoms with E-state index >= 15 is 0 Å². The molecule has 0 fully saturated rings. The van der Waals surface area contributed by atoms with Crippen LogP contribution in [0.3, 0.4) is 0 Å². The van der Waals surface area contributed by atoms with Gasteiger partial charge >= 0.3 is 0 Å². The standard InChI is InChI=1S/C29H23IO3/c30-28-27(32-20-23-12-6-2-7-13-23)19-17-25(26(31)18-16-22-10-4-1-5-11-22)29(28)33-21-24-14-8-3-9-15-24/h1-19H,20-21H2/b18-16+. The van der Waals surface area contributed by atoms with Gasteiger partial charge in [0.05, 0.1) is 9.13 Å². The fourth-order valence-corrected chi connectivity index (χ4v) is 4.06. The molecule has 0 N–H and O–H groups in total. The molecule has 0 aliphatic rings. The summed E-state index contributed by atoms with van der Waals surface area (Å²) in [4.78, 5) is 13.1. The molecule has 164 valence electrons. The van der Waals surface area contributed by atoms with Crippen LogP contribution >= 0.6 is 22.6 Å². The largest absolute Gasteiger partial charge is 0.488 e. The van der Waals surface area contributed by atoms with E-state index in [-0.39, 0.29) is 5.78 Å². The molecule has 0 aromatic heterocycles. The van der Waals surface area contributed by atoms with Crippen LogP contribution in [0.2, 0.25) is 0 Å². The molecule has 4 heteroatoms. The molecule has 0 saturated carbocycles. The first-order chi connectivity index (χ1) is 16.2. The summed E-state index contributed by atoms with van der Waals surface area (Å²) in [5.41, 5.74) is 3.58. The lowest BCUT2D eigenvalue weighted by Gasteiger charge is -2.16. The highest BCUT2D eigenvalue weighted by Crippen LogP contribution is 2.35. The van der Waals surface area contributed by atoms with Crippen molar-refractivity contribution < 1.29 is 14.3 Å². The Morgan fingerprint density at radius 2 is 1.24 bits per heavy atom. The minimum absolute atomic E-state index is 0.116. The van der Waals surface area contributed by atoms with Crippen molar-refractivity contribution in [3.63, 3.8) is 0 Å². The Balaban J connectivity index is 1.60. The maximum Gasteiger partial charge on any atom is 0.189 e. The topological polar surface area (TPSA) is 35.5 Å². The number of benzene rings is 4. The van der Waals surface area contributed by atoms with Gasteiger partial charge in [-0.3, -0.25) is 4.79 Å². The molecule has 3 nitrogen and oxygen atoms in total. The van der Waals surface area contributed by atoms with Gasteiger partial charge in [0.2, 0.25) is 0 Å². The van der Waals surface area contributed by atoms with Crippen LogP contribution in [0.15, 0.2) is 109 Å². The van der Waals surface area contributed by atoms with E-state index in [1.807, 2.05) is 103 Å². The van der Waals surface area contributed by atoms with Crippen LogP contribution in [0.1, 0.15) is 27.0 Å². The van der Waals surface area contributed by atoms with E-state index < -0.39 is 0 Å². The third-order valence-electron chi connectivity index (χ3n) is 5.02. The molecule has 33 heavy (non-hydrogen) atoms. The summed E-state index contributed by atoms with van der Waals surface area (Å²) in [5.74, 6) is 1.10. The van der Waals surface area contributed by atoms with Gasteiger partial charge in [0.15, 0.2) is 5.78 Å². The highest BCUT2D eigenvalue weighted by atomic mass is 127. The van der Waals surface area contributed by atoms with Crippen LogP contribution in [0.4, 0.5) is 0 Å². The molecule has 4 aromatic carbocycles. The van der Waals surface area contributed by atoms with Crippen molar-refractivity contribution in [2.75, 3.05) is 0 Å². The lowest BCUT2D eigenvalue weighted by Crippen LogP contribution is -2.06. The fraction of sp³-hybridized carbons (Fsp3) is 0.0690. The molecule has 0 atom stereocenters. The fourth-order valence-electron chi connectivity index (χ4n) is 3.28. The van der Waals surface area contributed by atoms with Crippen molar-refractivity contribution in [3.8, 4) is 11.5 Å². The zero-order chi connectivity index (χ0) is 22.9. The van der Waals surface area contributed by atoms with E-state index in [0.29, 0.717) is 30.3 Å². The van der Waals surface area contributed by atoms with Crippen LogP contribution < -0.4 is 9.47 Å². The van der Waals surface area contributed by atoms with Gasteiger partial charge < -0.3 is 9.47 Å². The maximum atomic E-state index is 13.1. The Morgan fingerprint density at radius 1 is 0.697 bits per heavy atom. The van der Waals surface area contributed by atoms with Gasteiger partial charge in [-0.05, 0) is 57.5 Å². The number of ketones is 1. The van der Waals surface area contributed by atoms with Crippen molar-refractivity contribution in [2.45, 2.75) is 13.2 Å². The minimum atomic E-state index is -0.116. The molecule has 0 aliphatic heterocycles. The average molecular weight is 546 g/mol. The van der Waals surface area contributed by atoms with Crippen LogP contribution in [-0.4, -0.2) is 5.78 Å². The van der Waals surface area contributed by atoms with E-state index in [2.05, 4.69) is 22.6 Å². The first-order valence-electron chi connectivity index (χ1n) is 10.6. The summed E-state index contributed by atoms with van der Waals surface area (Å²) in [7, 11) is 0. The van der Waals surface area contributed by atoms with E-state index in [4.69, 9.17) is 9.47 Å². The van der Waals surface area contributed by atoms with Gasteiger partial charge in [-0.1, -0.05) is 97.1 Å². The third kappa shape index (κ3) is 6.33. The van der Waals surface area contributed by atoms with E-state index in [1.54, 1.807) is 12.1 Å². The van der Waals surface area contributed by atoms with Gasteiger partial charge in [-0.2, -0.15) is 0 Å². The molecule has 0 saturated heterocycles. The average Bonchev–Trinajstić information content (AvgIpc) is 2.87. The number of allylic oxidation sites excluding steroid dienone is 1. The number of hydrogen-bond acceptors (Lipinski definition) is 3. The van der Waals surface area contributed by atoms with Crippen molar-refractivity contribution in [3.05, 3.63) is 135 Å². The van der Waals surface area contributed by atoms with Gasteiger partial charge in [0.1, 0.15) is 24.7 Å². The Bertz CT molecular complexity index is 1220. The number of hydrogen-bond donors (Lipinski definition) is 0. The second kappa shape index (κ2) is 11.5. The molecule has 4 aromatic rings. The predicted octanol–water partition coefficient (Wildman–Crippen LogP) is 7.35. The number of halogens is 1. The van der Waals surface area contributed by atoms with Crippen LogP contribution in [0, 0.1) is 3.57 Å². The van der Waals surface area contributed by atoms with Crippen molar-refractivity contribution >= 4 is 34.5 Å². The maximum absolute atomic E-state index is 13.1. The van der Waals surface area contributed by atoms with E-state index in [0.717, 1.165) is 20.3 Å². The zero-order valence-corrected chi connectivity index (χ0v) is 20.1. The quantitative estimate of drug-likeness (QED) is 0.125. The van der Waals surface area contributed by atoms with Crippen molar-refractivity contribution in [2.24, 2.45) is 0 Å². The smallest absolute Gasteiger partial charge is 0.189 e. The summed E-state index contributed by atoms with van der Waals surface area (Å²) < 4.78 is 13.0. The van der Waals surface area contributed by atoms with E-state index in [9.17, 15) is 4.79 Å². The van der Waals surface area contributed by atoms with Gasteiger partial charge in [0.25, 0.3) is 0 Å². The van der Waals surface area contributed by atoms with Gasteiger partial charge in [0, 0.05) is 0 Å². The van der Waals surface area contributed by atoms with Crippen LogP contribution in [0.5, 0.6) is 11.5 Å². The molecule has 4 rings (SSSR count). The number of rotatable bonds is 9. The normalized spacial score (nSPS) is 10.8. The summed E-state index contributed by atoms with van der Waals surface area (Å²) >= 11 is 2.20. The minimum Gasteiger partial charge on any atom is -0.488 e. The molecule has 0 aliphatic carbocycles. The molecule has 0 radical (unpaired) electrons. The highest BCUT2D eigenvalue weighted by Gasteiger charge is 2.18. The molecule has 0 unspecified atom stereocenters. The first-order valence-corrected chi connectivity index (χ1v) is 11.7. The first kappa shape index (κ1) is 22.8. The molecule has 0 spiro atoms. The second-order valence-corrected chi connectivity index (χ2v) is 8.49. The van der Waals surface area contributed by atoms with Crippen LogP contribution in [-0.2, 0) is 13.2 Å². The number of carbonyl (C=O) groups is 1. The number of ether oxygens (including phenoxy) is 2. The Hall–Kier alpha value is -3.38. The molecule has 0 bridgehead atoms. The highest BCUT2D eigenvalue weighted by molar-refractivity contribution is 14.1. The molecular weight excluding hydrogens is 523 g/mol.